The van der Waals surface area contributed by atoms with E-state index in [1.807, 2.05) is 12.3 Å². The highest BCUT2D eigenvalue weighted by Gasteiger charge is 2.07. The number of thiazole rings is 2. The highest BCUT2D eigenvalue weighted by molar-refractivity contribution is 8.02. The summed E-state index contributed by atoms with van der Waals surface area (Å²) in [6, 6.07) is 5.43. The minimum atomic E-state index is -0.469. The van der Waals surface area contributed by atoms with Crippen LogP contribution >= 0.6 is 34.4 Å². The normalized spacial score (nSPS) is 11.1. The molecular weight excluding hydrogens is 367 g/mol. The van der Waals surface area contributed by atoms with Crippen LogP contribution in [0, 0.1) is 12.7 Å². The zero-order chi connectivity index (χ0) is 16.9. The van der Waals surface area contributed by atoms with Gasteiger partial charge in [0.1, 0.15) is 5.82 Å². The average Bonchev–Trinajstić information content (AvgIpc) is 3.17. The molecule has 0 atom stereocenters. The van der Waals surface area contributed by atoms with Crippen LogP contribution in [0.25, 0.3) is 0 Å². The van der Waals surface area contributed by atoms with Gasteiger partial charge in [-0.1, -0.05) is 6.07 Å². The van der Waals surface area contributed by atoms with Gasteiger partial charge < -0.3 is 0 Å². The summed E-state index contributed by atoms with van der Waals surface area (Å²) >= 11 is 4.51. The lowest BCUT2D eigenvalue weighted by molar-refractivity contribution is 0.0954. The quantitative estimate of drug-likeness (QED) is 0.539. The molecule has 122 valence electrons. The topological polar surface area (TPSA) is 67.2 Å². The number of hydrazone groups is 1. The van der Waals surface area contributed by atoms with Gasteiger partial charge in [-0.25, -0.2) is 19.8 Å². The molecular formula is C15H11FN4OS3. The molecule has 1 N–H and O–H groups in total. The first kappa shape index (κ1) is 16.7. The lowest BCUT2D eigenvalue weighted by atomic mass is 10.2. The van der Waals surface area contributed by atoms with E-state index in [0.29, 0.717) is 0 Å². The Labute approximate surface area is 149 Å². The van der Waals surface area contributed by atoms with E-state index in [9.17, 15) is 9.18 Å². The number of carbonyl (C=O) groups excluding carboxylic acids is 1. The molecule has 1 amide bonds. The molecule has 0 saturated carbocycles. The van der Waals surface area contributed by atoms with Crippen molar-refractivity contribution in [2.75, 3.05) is 0 Å². The van der Waals surface area contributed by atoms with E-state index in [2.05, 4.69) is 20.5 Å². The molecule has 9 heteroatoms. The number of nitrogens with one attached hydrogen (secondary N) is 1. The maximum Gasteiger partial charge on any atom is 0.271 e. The average molecular weight is 378 g/mol. The van der Waals surface area contributed by atoms with Crippen LogP contribution < -0.4 is 5.43 Å². The summed E-state index contributed by atoms with van der Waals surface area (Å²) in [5.74, 6) is -0.934. The van der Waals surface area contributed by atoms with Gasteiger partial charge in [0.2, 0.25) is 0 Å². The third-order valence-electron chi connectivity index (χ3n) is 2.72. The Morgan fingerprint density at radius 2 is 2.29 bits per heavy atom. The van der Waals surface area contributed by atoms with Crippen LogP contribution in [0.2, 0.25) is 0 Å². The van der Waals surface area contributed by atoms with E-state index in [1.54, 1.807) is 17.5 Å². The second-order valence-electron chi connectivity index (χ2n) is 4.59. The lowest BCUT2D eigenvalue weighted by Crippen LogP contribution is -2.17. The standard InChI is InChI=1S/C15H11FN4OS3/c1-9-8-22-15(19-9)24-14-17-6-12(23-14)7-18-20-13(21)10-3-2-4-11(16)5-10/h2-8H,1H3,(H,20,21)/b18-7+. The summed E-state index contributed by atoms with van der Waals surface area (Å²) in [5, 5.41) is 5.86. The summed E-state index contributed by atoms with van der Waals surface area (Å²) in [6.45, 7) is 1.95. The number of amides is 1. The Kier molecular flexibility index (Phi) is 5.34. The molecule has 1 aromatic carbocycles. The predicted molar refractivity (Wildman–Crippen MR) is 94.5 cm³/mol. The molecule has 5 nitrogen and oxygen atoms in total. The summed E-state index contributed by atoms with van der Waals surface area (Å²) in [6.07, 6.45) is 3.18. The van der Waals surface area contributed by atoms with Crippen molar-refractivity contribution < 1.29 is 9.18 Å². The van der Waals surface area contributed by atoms with Gasteiger partial charge in [-0.3, -0.25) is 4.79 Å². The molecule has 0 aliphatic rings. The van der Waals surface area contributed by atoms with Crippen molar-refractivity contribution in [3.8, 4) is 0 Å². The van der Waals surface area contributed by atoms with Crippen molar-refractivity contribution in [2.24, 2.45) is 5.10 Å². The minimum Gasteiger partial charge on any atom is -0.267 e. The molecule has 0 aliphatic carbocycles. The van der Waals surface area contributed by atoms with E-state index in [-0.39, 0.29) is 5.56 Å². The van der Waals surface area contributed by atoms with Crippen molar-refractivity contribution in [1.29, 1.82) is 0 Å². The molecule has 3 aromatic rings. The monoisotopic (exact) mass is 378 g/mol. The van der Waals surface area contributed by atoms with Crippen molar-refractivity contribution in [1.82, 2.24) is 15.4 Å². The van der Waals surface area contributed by atoms with Gasteiger partial charge in [-0.15, -0.1) is 22.7 Å². The van der Waals surface area contributed by atoms with Gasteiger partial charge >= 0.3 is 0 Å². The van der Waals surface area contributed by atoms with Crippen LogP contribution in [0.1, 0.15) is 20.9 Å². The van der Waals surface area contributed by atoms with Gasteiger partial charge in [-0.05, 0) is 36.9 Å². The molecule has 0 fully saturated rings. The largest absolute Gasteiger partial charge is 0.271 e. The number of hydrogen-bond acceptors (Lipinski definition) is 7. The van der Waals surface area contributed by atoms with E-state index in [4.69, 9.17) is 0 Å². The maximum absolute atomic E-state index is 13.1. The molecule has 2 aromatic heterocycles. The van der Waals surface area contributed by atoms with E-state index < -0.39 is 11.7 Å². The van der Waals surface area contributed by atoms with Crippen LogP contribution in [0.5, 0.6) is 0 Å². The number of rotatable bonds is 5. The first-order chi connectivity index (χ1) is 11.6. The van der Waals surface area contributed by atoms with Crippen LogP contribution in [-0.2, 0) is 0 Å². The molecule has 3 rings (SSSR count). The maximum atomic E-state index is 13.1. The Bertz CT molecular complexity index is 890. The van der Waals surface area contributed by atoms with E-state index in [0.717, 1.165) is 25.3 Å². The number of benzene rings is 1. The molecule has 24 heavy (non-hydrogen) atoms. The summed E-state index contributed by atoms with van der Waals surface area (Å²) in [5.41, 5.74) is 3.56. The summed E-state index contributed by atoms with van der Waals surface area (Å²) < 4.78 is 14.9. The first-order valence-corrected chi connectivity index (χ1v) is 9.26. The lowest BCUT2D eigenvalue weighted by Gasteiger charge is -1.98. The van der Waals surface area contributed by atoms with Gasteiger partial charge in [0.05, 0.1) is 11.1 Å². The second-order valence-corrected chi connectivity index (χ2v) is 8.01. The van der Waals surface area contributed by atoms with Crippen LogP contribution in [0.15, 0.2) is 49.6 Å². The smallest absolute Gasteiger partial charge is 0.267 e. The van der Waals surface area contributed by atoms with Crippen LogP contribution in [0.4, 0.5) is 4.39 Å². The molecule has 0 aliphatic heterocycles. The Balaban J connectivity index is 1.58. The van der Waals surface area contributed by atoms with Crippen molar-refractivity contribution in [3.05, 3.63) is 57.8 Å². The Morgan fingerprint density at radius 1 is 1.42 bits per heavy atom. The minimum absolute atomic E-state index is 0.215. The molecule has 0 spiro atoms. The highest BCUT2D eigenvalue weighted by atomic mass is 32.2. The fourth-order valence-corrected chi connectivity index (χ4v) is 4.59. The third-order valence-corrected chi connectivity index (χ3v) is 5.78. The van der Waals surface area contributed by atoms with Gasteiger partial charge in [0.15, 0.2) is 8.68 Å². The van der Waals surface area contributed by atoms with Crippen molar-refractivity contribution >= 4 is 46.6 Å². The van der Waals surface area contributed by atoms with Crippen molar-refractivity contribution in [3.63, 3.8) is 0 Å². The molecule has 0 bridgehead atoms. The molecule has 0 saturated heterocycles. The number of hydrogen-bond donors (Lipinski definition) is 1. The van der Waals surface area contributed by atoms with Gasteiger partial charge in [0.25, 0.3) is 5.91 Å². The second kappa shape index (κ2) is 7.65. The predicted octanol–water partition coefficient (Wildman–Crippen LogP) is 3.96. The van der Waals surface area contributed by atoms with Gasteiger partial charge in [0, 0.05) is 22.8 Å². The van der Waals surface area contributed by atoms with Gasteiger partial charge in [-0.2, -0.15) is 5.10 Å². The van der Waals surface area contributed by atoms with Crippen molar-refractivity contribution in [2.45, 2.75) is 15.6 Å². The third kappa shape index (κ3) is 4.47. The number of aromatic nitrogens is 2. The number of halogens is 1. The SMILES string of the molecule is Cc1csc(Sc2ncc(/C=N/NC(=O)c3cccc(F)c3)s2)n1. The number of nitrogens with zero attached hydrogens (tertiary/aromatic N) is 3. The number of aryl methyl sites for hydroxylation is 1. The van der Waals surface area contributed by atoms with Crippen LogP contribution in [-0.4, -0.2) is 22.1 Å². The zero-order valence-corrected chi connectivity index (χ0v) is 14.8. The Hall–Kier alpha value is -2.10. The fraction of sp³-hybridized carbons (Fsp3) is 0.0667. The molecule has 2 heterocycles. The zero-order valence-electron chi connectivity index (χ0n) is 12.4. The molecule has 0 radical (unpaired) electrons. The van der Waals surface area contributed by atoms with Crippen LogP contribution in [0.3, 0.4) is 0 Å². The van der Waals surface area contributed by atoms with E-state index >= 15 is 0 Å². The number of carbonyl (C=O) groups is 1. The summed E-state index contributed by atoms with van der Waals surface area (Å²) in [7, 11) is 0. The fourth-order valence-electron chi connectivity index (χ4n) is 1.68. The summed E-state index contributed by atoms with van der Waals surface area (Å²) in [4.78, 5) is 21.3. The highest BCUT2D eigenvalue weighted by Crippen LogP contribution is 2.32. The first-order valence-electron chi connectivity index (χ1n) is 6.75. The Morgan fingerprint density at radius 3 is 3.04 bits per heavy atom. The van der Waals surface area contributed by atoms with E-state index in [1.165, 1.54) is 47.5 Å². The molecule has 0 unspecified atom stereocenters.